The van der Waals surface area contributed by atoms with Gasteiger partial charge in [0.1, 0.15) is 0 Å². The number of nitrogens with zero attached hydrogens (tertiary/aromatic N) is 1. The summed E-state index contributed by atoms with van der Waals surface area (Å²) >= 11 is 2.09. The number of hydrogen-bond acceptors (Lipinski definition) is 3. The molecule has 3 heteroatoms. The van der Waals surface area contributed by atoms with E-state index >= 15 is 0 Å². The number of rotatable bonds is 4. The molecule has 1 N–H and O–H groups in total. The maximum atomic E-state index is 3.73. The fourth-order valence-electron chi connectivity index (χ4n) is 3.57. The van der Waals surface area contributed by atoms with Crippen LogP contribution in [0, 0.1) is 0 Å². The van der Waals surface area contributed by atoms with Crippen molar-refractivity contribution in [2.45, 2.75) is 69.2 Å². The number of nitrogens with one attached hydrogen (secondary N) is 1. The van der Waals surface area contributed by atoms with Gasteiger partial charge in [-0.2, -0.15) is 11.8 Å². The second-order valence-electron chi connectivity index (χ2n) is 5.97. The Balaban J connectivity index is 1.88. The zero-order valence-corrected chi connectivity index (χ0v) is 13.0. The Labute approximate surface area is 117 Å². The van der Waals surface area contributed by atoms with Gasteiger partial charge in [0.25, 0.3) is 0 Å². The highest BCUT2D eigenvalue weighted by Gasteiger charge is 2.28. The van der Waals surface area contributed by atoms with Crippen LogP contribution >= 0.6 is 11.8 Å². The Morgan fingerprint density at radius 2 is 2.17 bits per heavy atom. The van der Waals surface area contributed by atoms with Gasteiger partial charge in [-0.3, -0.25) is 4.90 Å². The van der Waals surface area contributed by atoms with Crippen LogP contribution in [0.25, 0.3) is 0 Å². The first-order valence-electron chi connectivity index (χ1n) is 7.83. The molecule has 1 heterocycles. The van der Waals surface area contributed by atoms with Crippen LogP contribution in [0.3, 0.4) is 0 Å². The van der Waals surface area contributed by atoms with E-state index in [1.165, 1.54) is 64.6 Å². The molecular formula is C15H30N2S. The molecule has 1 aliphatic carbocycles. The first-order valence-corrected chi connectivity index (χ1v) is 9.12. The first kappa shape index (κ1) is 14.7. The summed E-state index contributed by atoms with van der Waals surface area (Å²) in [6, 6.07) is 1.61. The van der Waals surface area contributed by atoms with E-state index < -0.39 is 0 Å². The van der Waals surface area contributed by atoms with Crippen LogP contribution in [0.15, 0.2) is 0 Å². The second kappa shape index (κ2) is 7.76. The van der Waals surface area contributed by atoms with Gasteiger partial charge in [-0.25, -0.2) is 0 Å². The standard InChI is InChI=1S/C15H30N2S/c1-3-6-13-12-17(10-5-9-16-13)14-7-4-8-15(11-14)18-2/h13-16H,3-12H2,1-2H3. The molecule has 18 heavy (non-hydrogen) atoms. The van der Waals surface area contributed by atoms with Crippen LogP contribution < -0.4 is 5.32 Å². The minimum atomic E-state index is 0.743. The molecule has 106 valence electrons. The van der Waals surface area contributed by atoms with Crippen molar-refractivity contribution in [3.05, 3.63) is 0 Å². The van der Waals surface area contributed by atoms with Gasteiger partial charge in [-0.1, -0.05) is 19.8 Å². The molecule has 0 aromatic carbocycles. The summed E-state index contributed by atoms with van der Waals surface area (Å²) in [5, 5.41) is 4.65. The van der Waals surface area contributed by atoms with E-state index in [4.69, 9.17) is 0 Å². The van der Waals surface area contributed by atoms with Crippen LogP contribution in [0.2, 0.25) is 0 Å². The lowest BCUT2D eigenvalue weighted by Crippen LogP contribution is -2.44. The number of thioether (sulfide) groups is 1. The predicted molar refractivity (Wildman–Crippen MR) is 82.4 cm³/mol. The molecule has 3 atom stereocenters. The Morgan fingerprint density at radius 3 is 2.94 bits per heavy atom. The van der Waals surface area contributed by atoms with Crippen LogP contribution in [0.1, 0.15) is 51.9 Å². The van der Waals surface area contributed by atoms with Crippen molar-refractivity contribution in [3.63, 3.8) is 0 Å². The van der Waals surface area contributed by atoms with Crippen molar-refractivity contribution in [1.82, 2.24) is 10.2 Å². The van der Waals surface area contributed by atoms with Gasteiger partial charge in [0.05, 0.1) is 0 Å². The molecule has 0 radical (unpaired) electrons. The van der Waals surface area contributed by atoms with Gasteiger partial charge in [-0.05, 0) is 51.4 Å². The summed E-state index contributed by atoms with van der Waals surface area (Å²) < 4.78 is 0. The zero-order valence-electron chi connectivity index (χ0n) is 12.2. The van der Waals surface area contributed by atoms with Crippen molar-refractivity contribution in [2.75, 3.05) is 25.9 Å². The predicted octanol–water partition coefficient (Wildman–Crippen LogP) is 3.12. The van der Waals surface area contributed by atoms with Crippen molar-refractivity contribution >= 4 is 11.8 Å². The molecule has 2 fully saturated rings. The molecule has 0 aromatic heterocycles. The van der Waals surface area contributed by atoms with E-state index in [0.29, 0.717) is 0 Å². The van der Waals surface area contributed by atoms with Gasteiger partial charge < -0.3 is 5.32 Å². The van der Waals surface area contributed by atoms with Gasteiger partial charge in [0.15, 0.2) is 0 Å². The highest BCUT2D eigenvalue weighted by Crippen LogP contribution is 2.30. The smallest absolute Gasteiger partial charge is 0.0195 e. The topological polar surface area (TPSA) is 15.3 Å². The molecule has 0 aromatic rings. The average molecular weight is 270 g/mol. The Bertz CT molecular complexity index is 235. The fourth-order valence-corrected chi connectivity index (χ4v) is 4.38. The molecule has 2 rings (SSSR count). The molecule has 1 aliphatic heterocycles. The van der Waals surface area contributed by atoms with E-state index in [2.05, 4.69) is 35.2 Å². The lowest BCUT2D eigenvalue weighted by atomic mass is 9.93. The number of hydrogen-bond donors (Lipinski definition) is 1. The largest absolute Gasteiger partial charge is 0.313 e. The molecule has 2 aliphatic rings. The van der Waals surface area contributed by atoms with Crippen LogP contribution in [0.5, 0.6) is 0 Å². The summed E-state index contributed by atoms with van der Waals surface area (Å²) in [4.78, 5) is 2.81. The highest BCUT2D eigenvalue weighted by atomic mass is 32.2. The molecule has 2 nitrogen and oxygen atoms in total. The lowest BCUT2D eigenvalue weighted by molar-refractivity contribution is 0.154. The first-order chi connectivity index (χ1) is 8.83. The molecule has 1 saturated heterocycles. The Kier molecular flexibility index (Phi) is 6.33. The minimum Gasteiger partial charge on any atom is -0.313 e. The Hall–Kier alpha value is 0.270. The zero-order chi connectivity index (χ0) is 12.8. The molecule has 0 bridgehead atoms. The van der Waals surface area contributed by atoms with Crippen LogP contribution in [0.4, 0.5) is 0 Å². The quantitative estimate of drug-likeness (QED) is 0.845. The summed E-state index contributed by atoms with van der Waals surface area (Å²) in [6.07, 6.45) is 12.0. The molecule has 3 unspecified atom stereocenters. The third-order valence-corrected chi connectivity index (χ3v) is 5.69. The summed E-state index contributed by atoms with van der Waals surface area (Å²) in [5.41, 5.74) is 0. The highest BCUT2D eigenvalue weighted by molar-refractivity contribution is 7.99. The van der Waals surface area contributed by atoms with Gasteiger partial charge >= 0.3 is 0 Å². The third-order valence-electron chi connectivity index (χ3n) is 4.60. The second-order valence-corrected chi connectivity index (χ2v) is 7.10. The molecular weight excluding hydrogens is 240 g/mol. The lowest BCUT2D eigenvalue weighted by Gasteiger charge is -2.37. The van der Waals surface area contributed by atoms with Crippen molar-refractivity contribution < 1.29 is 0 Å². The van der Waals surface area contributed by atoms with E-state index in [1.54, 1.807) is 0 Å². The van der Waals surface area contributed by atoms with Crippen molar-refractivity contribution in [1.29, 1.82) is 0 Å². The summed E-state index contributed by atoms with van der Waals surface area (Å²) in [7, 11) is 0. The summed E-state index contributed by atoms with van der Waals surface area (Å²) in [6.45, 7) is 6.14. The monoisotopic (exact) mass is 270 g/mol. The van der Waals surface area contributed by atoms with Crippen molar-refractivity contribution in [2.24, 2.45) is 0 Å². The van der Waals surface area contributed by atoms with E-state index in [1.807, 2.05) is 0 Å². The third kappa shape index (κ3) is 4.14. The van der Waals surface area contributed by atoms with Gasteiger partial charge in [0, 0.05) is 23.9 Å². The van der Waals surface area contributed by atoms with Crippen LogP contribution in [-0.4, -0.2) is 48.1 Å². The normalized spacial score (nSPS) is 35.3. The van der Waals surface area contributed by atoms with Crippen molar-refractivity contribution in [3.8, 4) is 0 Å². The van der Waals surface area contributed by atoms with Gasteiger partial charge in [0.2, 0.25) is 0 Å². The summed E-state index contributed by atoms with van der Waals surface area (Å²) in [5.74, 6) is 0. The molecule has 0 spiro atoms. The minimum absolute atomic E-state index is 0.743. The average Bonchev–Trinajstić information content (AvgIpc) is 2.65. The maximum absolute atomic E-state index is 3.73. The van der Waals surface area contributed by atoms with Crippen LogP contribution in [-0.2, 0) is 0 Å². The van der Waals surface area contributed by atoms with E-state index in [9.17, 15) is 0 Å². The van der Waals surface area contributed by atoms with Gasteiger partial charge in [-0.15, -0.1) is 0 Å². The fraction of sp³-hybridized carbons (Fsp3) is 1.00. The molecule has 1 saturated carbocycles. The van der Waals surface area contributed by atoms with E-state index in [0.717, 1.165) is 17.3 Å². The SMILES string of the molecule is CCCC1CN(C2CCCC(SC)C2)CCCN1. The Morgan fingerprint density at radius 1 is 1.28 bits per heavy atom. The molecule has 0 amide bonds. The van der Waals surface area contributed by atoms with E-state index in [-0.39, 0.29) is 0 Å². The maximum Gasteiger partial charge on any atom is 0.0195 e.